The lowest BCUT2D eigenvalue weighted by molar-refractivity contribution is -0.386. The first kappa shape index (κ1) is 20.0. The summed E-state index contributed by atoms with van der Waals surface area (Å²) in [6, 6.07) is 3.12. The van der Waals surface area contributed by atoms with Crippen molar-refractivity contribution >= 4 is 30.5 Å². The number of nitro benzene ring substituents is 1. The first-order valence-electron chi connectivity index (χ1n) is 7.51. The van der Waals surface area contributed by atoms with E-state index in [1.807, 2.05) is 0 Å². The van der Waals surface area contributed by atoms with Crippen LogP contribution in [0.25, 0.3) is 0 Å². The van der Waals surface area contributed by atoms with E-state index < -0.39 is 0 Å². The van der Waals surface area contributed by atoms with Crippen molar-refractivity contribution in [3.63, 3.8) is 0 Å². The van der Waals surface area contributed by atoms with Crippen LogP contribution in [0.1, 0.15) is 30.0 Å². The third-order valence-corrected chi connectivity index (χ3v) is 4.50. The molecule has 23 heavy (non-hydrogen) atoms. The van der Waals surface area contributed by atoms with Crippen LogP contribution in [-0.4, -0.2) is 41.1 Å². The topological polar surface area (TPSA) is 78.6 Å². The van der Waals surface area contributed by atoms with Crippen molar-refractivity contribution in [1.29, 1.82) is 0 Å². The van der Waals surface area contributed by atoms with Gasteiger partial charge in [-0.2, -0.15) is 0 Å². The number of hydrogen-bond donors (Lipinski definition) is 2. The molecule has 0 bridgehead atoms. The lowest BCUT2D eigenvalue weighted by Crippen LogP contribution is -2.45. The summed E-state index contributed by atoms with van der Waals surface area (Å²) in [7, 11) is 0. The quantitative estimate of drug-likeness (QED) is 0.635. The Kier molecular flexibility index (Phi) is 7.07. The molecule has 8 heteroatoms. The molecule has 2 N–H and O–H groups in total. The SMILES string of the molecule is Cc1ccc([N+](=O)[O-])c([C@@H](C2CC2)N2CCNCC2)c1O.Cl.Cl. The van der Waals surface area contributed by atoms with Gasteiger partial charge in [0, 0.05) is 38.3 Å². The molecule has 0 radical (unpaired) electrons. The fourth-order valence-electron chi connectivity index (χ4n) is 3.25. The van der Waals surface area contributed by atoms with Crippen LogP contribution < -0.4 is 5.32 Å². The number of piperazine rings is 1. The summed E-state index contributed by atoms with van der Waals surface area (Å²) in [4.78, 5) is 13.3. The van der Waals surface area contributed by atoms with Crippen LogP contribution in [0.15, 0.2) is 12.1 Å². The molecule has 6 nitrogen and oxygen atoms in total. The summed E-state index contributed by atoms with van der Waals surface area (Å²) in [6.45, 7) is 5.31. The van der Waals surface area contributed by atoms with E-state index in [1.54, 1.807) is 13.0 Å². The van der Waals surface area contributed by atoms with Gasteiger partial charge in [0.05, 0.1) is 10.5 Å². The van der Waals surface area contributed by atoms with Crippen molar-refractivity contribution in [2.45, 2.75) is 25.8 Å². The lowest BCUT2D eigenvalue weighted by Gasteiger charge is -2.35. The molecule has 1 aliphatic heterocycles. The molecule has 0 aromatic heterocycles. The van der Waals surface area contributed by atoms with Crippen molar-refractivity contribution < 1.29 is 10.0 Å². The number of nitrogens with zero attached hydrogens (tertiary/aromatic N) is 2. The monoisotopic (exact) mass is 363 g/mol. The first-order chi connectivity index (χ1) is 10.1. The fourth-order valence-corrected chi connectivity index (χ4v) is 3.25. The van der Waals surface area contributed by atoms with Crippen molar-refractivity contribution in [1.82, 2.24) is 10.2 Å². The molecule has 1 saturated carbocycles. The van der Waals surface area contributed by atoms with Crippen molar-refractivity contribution in [2.24, 2.45) is 5.92 Å². The molecule has 2 aliphatic rings. The zero-order valence-electron chi connectivity index (χ0n) is 13.0. The Hall–Kier alpha value is -1.08. The fraction of sp³-hybridized carbons (Fsp3) is 0.600. The van der Waals surface area contributed by atoms with Gasteiger partial charge < -0.3 is 10.4 Å². The van der Waals surface area contributed by atoms with Gasteiger partial charge in [-0.25, -0.2) is 0 Å². The lowest BCUT2D eigenvalue weighted by atomic mass is 9.95. The molecule has 0 spiro atoms. The Morgan fingerprint density at radius 3 is 2.43 bits per heavy atom. The summed E-state index contributed by atoms with van der Waals surface area (Å²) < 4.78 is 0. The number of halogens is 2. The highest BCUT2D eigenvalue weighted by Crippen LogP contribution is 2.50. The van der Waals surface area contributed by atoms with E-state index in [0.717, 1.165) is 39.0 Å². The van der Waals surface area contributed by atoms with Gasteiger partial charge >= 0.3 is 0 Å². The maximum Gasteiger partial charge on any atom is 0.277 e. The molecule has 1 aliphatic carbocycles. The highest BCUT2D eigenvalue weighted by atomic mass is 35.5. The predicted octanol–water partition coefficient (Wildman–Crippen LogP) is 2.81. The third-order valence-electron chi connectivity index (χ3n) is 4.50. The second-order valence-electron chi connectivity index (χ2n) is 5.99. The highest BCUT2D eigenvalue weighted by molar-refractivity contribution is 5.85. The van der Waals surface area contributed by atoms with E-state index in [0.29, 0.717) is 17.0 Å². The van der Waals surface area contributed by atoms with E-state index in [4.69, 9.17) is 0 Å². The Morgan fingerprint density at radius 2 is 1.91 bits per heavy atom. The molecule has 130 valence electrons. The van der Waals surface area contributed by atoms with Gasteiger partial charge in [-0.15, -0.1) is 24.8 Å². The minimum atomic E-state index is -0.369. The van der Waals surface area contributed by atoms with Gasteiger partial charge in [0.2, 0.25) is 0 Å². The average Bonchev–Trinajstić information content (AvgIpc) is 3.29. The van der Waals surface area contributed by atoms with E-state index in [1.165, 1.54) is 6.07 Å². The van der Waals surface area contributed by atoms with Crippen LogP contribution >= 0.6 is 24.8 Å². The van der Waals surface area contributed by atoms with Crippen LogP contribution in [0.5, 0.6) is 5.75 Å². The zero-order valence-corrected chi connectivity index (χ0v) is 14.7. The number of phenolic OH excluding ortho intramolecular Hbond substituents is 1. The van der Waals surface area contributed by atoms with E-state index in [9.17, 15) is 15.2 Å². The minimum Gasteiger partial charge on any atom is -0.507 e. The summed E-state index contributed by atoms with van der Waals surface area (Å²) in [5.74, 6) is 0.522. The number of nitro groups is 1. The van der Waals surface area contributed by atoms with E-state index >= 15 is 0 Å². The molecular formula is C15H23Cl2N3O3. The second kappa shape index (κ2) is 8.15. The minimum absolute atomic E-state index is 0. The van der Waals surface area contributed by atoms with Gasteiger partial charge in [-0.3, -0.25) is 15.0 Å². The van der Waals surface area contributed by atoms with Crippen LogP contribution in [0.2, 0.25) is 0 Å². The number of benzene rings is 1. The Morgan fingerprint density at radius 1 is 1.30 bits per heavy atom. The molecule has 1 heterocycles. The normalized spacial score (nSPS) is 19.3. The van der Waals surface area contributed by atoms with Crippen molar-refractivity contribution in [2.75, 3.05) is 26.2 Å². The molecule has 1 saturated heterocycles. The van der Waals surface area contributed by atoms with Crippen LogP contribution in [-0.2, 0) is 0 Å². The smallest absolute Gasteiger partial charge is 0.277 e. The van der Waals surface area contributed by atoms with Gasteiger partial charge in [0.25, 0.3) is 5.69 Å². The Bertz CT molecular complexity index is 561. The summed E-state index contributed by atoms with van der Waals surface area (Å²) >= 11 is 0. The largest absolute Gasteiger partial charge is 0.507 e. The number of aromatic hydroxyl groups is 1. The molecule has 1 atom stereocenters. The van der Waals surface area contributed by atoms with Gasteiger partial charge in [-0.1, -0.05) is 0 Å². The summed E-state index contributed by atoms with van der Waals surface area (Å²) in [6.07, 6.45) is 2.16. The van der Waals surface area contributed by atoms with Crippen LogP contribution in [0, 0.1) is 23.0 Å². The van der Waals surface area contributed by atoms with Gasteiger partial charge in [0.15, 0.2) is 0 Å². The van der Waals surface area contributed by atoms with Gasteiger partial charge in [-0.05, 0) is 37.3 Å². The van der Waals surface area contributed by atoms with E-state index in [2.05, 4.69) is 10.2 Å². The molecule has 0 amide bonds. The van der Waals surface area contributed by atoms with Crippen LogP contribution in [0.4, 0.5) is 5.69 Å². The molecule has 0 unspecified atom stereocenters. The molecule has 1 aromatic rings. The molecule has 2 fully saturated rings. The number of hydrogen-bond acceptors (Lipinski definition) is 5. The standard InChI is InChI=1S/C15H21N3O3.2ClH/c1-10-2-5-12(18(20)21)13(15(10)19)14(11-3-4-11)17-8-6-16-7-9-17;;/h2,5,11,14,16,19H,3-4,6-9H2,1H3;2*1H/t14-;;/m1../s1. The maximum absolute atomic E-state index is 11.4. The van der Waals surface area contributed by atoms with Crippen LogP contribution in [0.3, 0.4) is 0 Å². The Labute approximate surface area is 148 Å². The summed E-state index contributed by atoms with van der Waals surface area (Å²) in [5.41, 5.74) is 1.27. The van der Waals surface area contributed by atoms with Gasteiger partial charge in [0.1, 0.15) is 5.75 Å². The van der Waals surface area contributed by atoms with Crippen molar-refractivity contribution in [3.05, 3.63) is 33.4 Å². The van der Waals surface area contributed by atoms with Crippen molar-refractivity contribution in [3.8, 4) is 5.75 Å². The third kappa shape index (κ3) is 4.07. The predicted molar refractivity (Wildman–Crippen MR) is 93.9 cm³/mol. The first-order valence-corrected chi connectivity index (χ1v) is 7.51. The summed E-state index contributed by atoms with van der Waals surface area (Å²) in [5, 5.41) is 25.1. The maximum atomic E-state index is 11.4. The molecule has 1 aromatic carbocycles. The average molecular weight is 364 g/mol. The Balaban J connectivity index is 0.00000132. The zero-order chi connectivity index (χ0) is 15.0. The number of aryl methyl sites for hydroxylation is 1. The molecule has 3 rings (SSSR count). The number of nitrogens with one attached hydrogen (secondary N) is 1. The molecular weight excluding hydrogens is 341 g/mol. The highest BCUT2D eigenvalue weighted by Gasteiger charge is 2.41. The second-order valence-corrected chi connectivity index (χ2v) is 5.99. The number of phenols is 1. The number of rotatable bonds is 4. The van der Waals surface area contributed by atoms with E-state index in [-0.39, 0.29) is 47.2 Å².